The van der Waals surface area contributed by atoms with Gasteiger partial charge in [0.15, 0.2) is 0 Å². The maximum atomic E-state index is 2.52. The van der Waals surface area contributed by atoms with E-state index >= 15 is 0 Å². The van der Waals surface area contributed by atoms with Gasteiger partial charge in [0.1, 0.15) is 0 Å². The number of nitrogens with zero attached hydrogens (tertiary/aromatic N) is 1. The maximum absolute atomic E-state index is 2.52. The van der Waals surface area contributed by atoms with E-state index in [4.69, 9.17) is 0 Å². The minimum Gasteiger partial charge on any atom is -0.313 e. The van der Waals surface area contributed by atoms with E-state index in [2.05, 4.69) is 191 Å². The van der Waals surface area contributed by atoms with Crippen LogP contribution in [0.15, 0.2) is 144 Å². The normalized spacial score (nSPS) is 13.7. The van der Waals surface area contributed by atoms with E-state index in [0.717, 1.165) is 5.69 Å². The Morgan fingerprint density at radius 1 is 0.674 bits per heavy atom. The molecule has 0 unspecified atom stereocenters. The molecule has 0 N–H and O–H groups in total. The number of allylic oxidation sites excluding steroid dienone is 7. The Hall–Kier alpha value is -4.53. The lowest BCUT2D eigenvalue weighted by atomic mass is 9.89. The lowest BCUT2D eigenvalue weighted by Gasteiger charge is -2.34. The zero-order valence-corrected chi connectivity index (χ0v) is 29.0. The molecule has 0 aliphatic heterocycles. The molecule has 0 spiro atoms. The summed E-state index contributed by atoms with van der Waals surface area (Å²) in [4.78, 5) is 3.97. The van der Waals surface area contributed by atoms with E-state index in [0.29, 0.717) is 0 Å². The number of hydrogen-bond donors (Lipinski definition) is 0. The molecule has 0 aliphatic carbocycles. The van der Waals surface area contributed by atoms with Crippen LogP contribution in [0.5, 0.6) is 0 Å². The van der Waals surface area contributed by atoms with Crippen LogP contribution < -0.4 is 4.90 Å². The summed E-state index contributed by atoms with van der Waals surface area (Å²) in [5.41, 5.74) is 7.29. The van der Waals surface area contributed by atoms with Crippen molar-refractivity contribution in [3.8, 4) is 0 Å². The fourth-order valence-corrected chi connectivity index (χ4v) is 7.59. The second kappa shape index (κ2) is 13.1. The van der Waals surface area contributed by atoms with Crippen LogP contribution in [0.4, 0.5) is 11.4 Å². The third-order valence-electron chi connectivity index (χ3n) is 8.72. The van der Waals surface area contributed by atoms with Crippen LogP contribution in [0.1, 0.15) is 38.8 Å². The quantitative estimate of drug-likeness (QED) is 0.115. The minimum atomic E-state index is -0.876. The second-order valence-corrected chi connectivity index (χ2v) is 17.2. The standard InChI is InChI=1S/C44H45NS/c1-8-10-13-21-33-30-41(40-27-25-35-29-37(46(5,6)7)28-34-24-26-38(33)43(40)42(34)35)45(36-22-16-12-17-23-36)44(31(3)4)39(18-9-2)32-19-14-11-15-20-32/h8-31H,1-7H3/b10-8-,18-9-,21-13-,44-39-. The van der Waals surface area contributed by atoms with E-state index in [-0.39, 0.29) is 5.92 Å². The topological polar surface area (TPSA) is 3.24 Å². The highest BCUT2D eigenvalue weighted by Crippen LogP contribution is 2.50. The Kier molecular flexibility index (Phi) is 8.93. The summed E-state index contributed by atoms with van der Waals surface area (Å²) in [7, 11) is -0.876. The van der Waals surface area contributed by atoms with Gasteiger partial charge in [-0.3, -0.25) is 0 Å². The molecule has 6 rings (SSSR count). The zero-order chi connectivity index (χ0) is 32.4. The molecule has 0 radical (unpaired) electrons. The van der Waals surface area contributed by atoms with Gasteiger partial charge in [0, 0.05) is 27.7 Å². The van der Waals surface area contributed by atoms with Gasteiger partial charge in [0.2, 0.25) is 0 Å². The molecular weight excluding hydrogens is 575 g/mol. The predicted molar refractivity (Wildman–Crippen MR) is 209 cm³/mol. The van der Waals surface area contributed by atoms with E-state index < -0.39 is 10.0 Å². The molecule has 0 aromatic heterocycles. The van der Waals surface area contributed by atoms with Crippen molar-refractivity contribution in [2.45, 2.75) is 32.6 Å². The Morgan fingerprint density at radius 3 is 1.89 bits per heavy atom. The summed E-state index contributed by atoms with van der Waals surface area (Å²) in [5.74, 6) is 0.240. The number of benzene rings is 6. The highest BCUT2D eigenvalue weighted by Gasteiger charge is 2.25. The Morgan fingerprint density at radius 2 is 1.30 bits per heavy atom. The van der Waals surface area contributed by atoms with E-state index in [1.165, 1.54) is 65.3 Å². The van der Waals surface area contributed by atoms with Gasteiger partial charge in [0.25, 0.3) is 0 Å². The molecule has 1 nitrogen and oxygen atoms in total. The van der Waals surface area contributed by atoms with Crippen LogP contribution in [0.25, 0.3) is 44.0 Å². The van der Waals surface area contributed by atoms with Gasteiger partial charge in [-0.1, -0.05) is 123 Å². The van der Waals surface area contributed by atoms with Crippen molar-refractivity contribution in [1.82, 2.24) is 0 Å². The molecule has 0 fully saturated rings. The van der Waals surface area contributed by atoms with Crippen LogP contribution in [0.3, 0.4) is 0 Å². The molecule has 6 aromatic rings. The van der Waals surface area contributed by atoms with E-state index in [9.17, 15) is 0 Å². The molecule has 0 saturated heterocycles. The molecular formula is C44H45NS. The average Bonchev–Trinajstić information content (AvgIpc) is 3.06. The first-order valence-electron chi connectivity index (χ1n) is 16.2. The molecule has 2 heteroatoms. The van der Waals surface area contributed by atoms with Gasteiger partial charge in [-0.25, -0.2) is 10.0 Å². The van der Waals surface area contributed by atoms with Crippen molar-refractivity contribution in [2.24, 2.45) is 5.92 Å². The van der Waals surface area contributed by atoms with Gasteiger partial charge in [-0.15, -0.1) is 0 Å². The molecule has 0 amide bonds. The van der Waals surface area contributed by atoms with Crippen molar-refractivity contribution < 1.29 is 0 Å². The number of hydrogen-bond acceptors (Lipinski definition) is 1. The Balaban J connectivity index is 1.79. The second-order valence-electron chi connectivity index (χ2n) is 13.0. The van der Waals surface area contributed by atoms with Gasteiger partial charge in [-0.2, -0.15) is 0 Å². The van der Waals surface area contributed by atoms with Gasteiger partial charge < -0.3 is 4.90 Å². The molecule has 0 atom stereocenters. The molecule has 0 aliphatic rings. The van der Waals surface area contributed by atoms with E-state index in [1.807, 2.05) is 0 Å². The van der Waals surface area contributed by atoms with Crippen LogP contribution >= 0.6 is 10.0 Å². The Bertz CT molecular complexity index is 2090. The van der Waals surface area contributed by atoms with Crippen LogP contribution in [-0.2, 0) is 0 Å². The predicted octanol–water partition coefficient (Wildman–Crippen LogP) is 13.0. The SMILES string of the molecule is C/C=C\C=C/c1cc(N(/C(=C(/C=C\C)c2ccccc2)C(C)C)c2ccccc2)c2ccc3cc(S(C)(C)C)cc4ccc1c2c43. The zero-order valence-electron chi connectivity index (χ0n) is 28.2. The van der Waals surface area contributed by atoms with Crippen LogP contribution in [0.2, 0.25) is 0 Å². The Labute approximate surface area is 276 Å². The number of anilines is 2. The molecule has 46 heavy (non-hydrogen) atoms. The van der Waals surface area contributed by atoms with Gasteiger partial charge in [0.05, 0.1) is 5.69 Å². The fourth-order valence-electron chi connectivity index (χ4n) is 6.63. The highest BCUT2D eigenvalue weighted by molar-refractivity contribution is 8.32. The lowest BCUT2D eigenvalue weighted by molar-refractivity contribution is 0.750. The van der Waals surface area contributed by atoms with Crippen molar-refractivity contribution in [3.63, 3.8) is 0 Å². The number of rotatable bonds is 9. The molecule has 0 heterocycles. The van der Waals surface area contributed by atoms with Crippen molar-refractivity contribution in [1.29, 1.82) is 0 Å². The van der Waals surface area contributed by atoms with Crippen molar-refractivity contribution in [3.05, 3.63) is 150 Å². The summed E-state index contributed by atoms with van der Waals surface area (Å²) in [5, 5.41) is 7.87. The van der Waals surface area contributed by atoms with E-state index in [1.54, 1.807) is 0 Å². The third-order valence-corrected chi connectivity index (χ3v) is 10.4. The minimum absolute atomic E-state index is 0.240. The van der Waals surface area contributed by atoms with Gasteiger partial charge >= 0.3 is 0 Å². The highest BCUT2D eigenvalue weighted by atomic mass is 32.3. The third kappa shape index (κ3) is 5.90. The first kappa shape index (κ1) is 31.5. The van der Waals surface area contributed by atoms with Crippen molar-refractivity contribution in [2.75, 3.05) is 23.7 Å². The largest absolute Gasteiger partial charge is 0.313 e. The van der Waals surface area contributed by atoms with Crippen molar-refractivity contribution >= 4 is 65.4 Å². The summed E-state index contributed by atoms with van der Waals surface area (Å²) in [6.45, 7) is 8.81. The van der Waals surface area contributed by atoms with Crippen LogP contribution in [0, 0.1) is 5.92 Å². The van der Waals surface area contributed by atoms with Crippen LogP contribution in [-0.4, -0.2) is 18.8 Å². The summed E-state index contributed by atoms with van der Waals surface area (Å²) < 4.78 is 0. The number of para-hydroxylation sites is 1. The fraction of sp³-hybridized carbons (Fsp3) is 0.182. The van der Waals surface area contributed by atoms with Gasteiger partial charge in [-0.05, 0) is 106 Å². The average molecular weight is 620 g/mol. The molecule has 0 saturated carbocycles. The molecule has 232 valence electrons. The first-order valence-corrected chi connectivity index (χ1v) is 19.1. The lowest BCUT2D eigenvalue weighted by Crippen LogP contribution is -2.22. The molecule has 6 aromatic carbocycles. The summed E-state index contributed by atoms with van der Waals surface area (Å²) in [6.07, 6.45) is 20.2. The first-order chi connectivity index (χ1) is 22.2. The summed E-state index contributed by atoms with van der Waals surface area (Å²) in [6, 6.07) is 38.4. The monoisotopic (exact) mass is 619 g/mol. The molecule has 0 bridgehead atoms. The smallest absolute Gasteiger partial charge is 0.0543 e. The summed E-state index contributed by atoms with van der Waals surface area (Å²) >= 11 is 0. The maximum Gasteiger partial charge on any atom is 0.0543 e.